The number of benzene rings is 2. The number of hydrogen-bond donors (Lipinski definition) is 0. The van der Waals surface area contributed by atoms with E-state index in [-0.39, 0.29) is 11.8 Å². The molecule has 0 unspecified atom stereocenters. The molecule has 0 aliphatic carbocycles. The van der Waals surface area contributed by atoms with Gasteiger partial charge in [0.25, 0.3) is 5.91 Å². The van der Waals surface area contributed by atoms with E-state index in [1.807, 2.05) is 19.1 Å². The summed E-state index contributed by atoms with van der Waals surface area (Å²) >= 11 is 5.90. The highest BCUT2D eigenvalue weighted by molar-refractivity contribution is 6.33. The molecule has 2 aromatic carbocycles. The van der Waals surface area contributed by atoms with Crippen LogP contribution in [0.5, 0.6) is 0 Å². The van der Waals surface area contributed by atoms with Gasteiger partial charge in [0.2, 0.25) is 12.0 Å². The van der Waals surface area contributed by atoms with E-state index in [2.05, 4.69) is 5.16 Å². The summed E-state index contributed by atoms with van der Waals surface area (Å²) in [6.07, 6.45) is -0.900. The number of fused-ring (bicyclic) bond motifs is 1. The minimum absolute atomic E-state index is 0.314. The highest BCUT2D eigenvalue weighted by atomic mass is 35.5. The summed E-state index contributed by atoms with van der Waals surface area (Å²) in [4.78, 5) is 32.1. The normalized spacial score (nSPS) is 22.4. The Balaban J connectivity index is 1.73. The molecule has 2 heterocycles. The Morgan fingerprint density at radius 2 is 1.75 bits per heavy atom. The van der Waals surface area contributed by atoms with Crippen LogP contribution in [0.3, 0.4) is 0 Å². The molecule has 2 aromatic rings. The number of nitrogens with zero attached hydrogens (tertiary/aromatic N) is 2. The van der Waals surface area contributed by atoms with Crippen LogP contribution in [0.15, 0.2) is 53.7 Å². The molecule has 24 heavy (non-hydrogen) atoms. The Kier molecular flexibility index (Phi) is 3.39. The molecule has 0 saturated carbocycles. The molecule has 2 aliphatic heterocycles. The van der Waals surface area contributed by atoms with E-state index < -0.39 is 12.0 Å². The van der Waals surface area contributed by atoms with Crippen molar-refractivity contribution in [2.45, 2.75) is 13.0 Å². The molecule has 4 rings (SSSR count). The maximum Gasteiger partial charge on any atom is 0.278 e. The molecule has 0 aromatic heterocycles. The van der Waals surface area contributed by atoms with Gasteiger partial charge in [-0.2, -0.15) is 0 Å². The first kappa shape index (κ1) is 14.9. The fourth-order valence-electron chi connectivity index (χ4n) is 3.09. The Labute approximate surface area is 143 Å². The predicted octanol–water partition coefficient (Wildman–Crippen LogP) is 2.94. The standard InChI is InChI=1S/C18H13ClN2O3/c1-10-4-2-3-5-13(10)21-17(22)14-15(20-24-16(14)18(21)23)11-6-8-12(19)9-7-11/h2-9,14,16H,1H3/t14-,16+/m0/s1. The topological polar surface area (TPSA) is 59.0 Å². The number of oxime groups is 1. The summed E-state index contributed by atoms with van der Waals surface area (Å²) in [6.45, 7) is 1.86. The van der Waals surface area contributed by atoms with E-state index in [0.717, 1.165) is 11.1 Å². The van der Waals surface area contributed by atoms with Crippen molar-refractivity contribution in [1.82, 2.24) is 0 Å². The molecule has 0 N–H and O–H groups in total. The zero-order chi connectivity index (χ0) is 16.8. The van der Waals surface area contributed by atoms with E-state index >= 15 is 0 Å². The van der Waals surface area contributed by atoms with Crippen LogP contribution in [0.2, 0.25) is 5.02 Å². The number of imide groups is 1. The summed E-state index contributed by atoms with van der Waals surface area (Å²) in [5, 5.41) is 4.56. The third-order valence-corrected chi connectivity index (χ3v) is 4.56. The highest BCUT2D eigenvalue weighted by Crippen LogP contribution is 2.36. The van der Waals surface area contributed by atoms with Gasteiger partial charge in [0, 0.05) is 10.6 Å². The van der Waals surface area contributed by atoms with Crippen molar-refractivity contribution in [3.05, 3.63) is 64.7 Å². The zero-order valence-electron chi connectivity index (χ0n) is 12.8. The number of hydrogen-bond acceptors (Lipinski definition) is 4. The average Bonchev–Trinajstić information content (AvgIpc) is 3.11. The smallest absolute Gasteiger partial charge is 0.278 e. The lowest BCUT2D eigenvalue weighted by atomic mass is 9.94. The van der Waals surface area contributed by atoms with Crippen molar-refractivity contribution in [1.29, 1.82) is 0 Å². The Hall–Kier alpha value is -2.66. The second-order valence-corrected chi connectivity index (χ2v) is 6.22. The number of halogens is 1. The van der Waals surface area contributed by atoms with Gasteiger partial charge in [-0.1, -0.05) is 47.1 Å². The largest absolute Gasteiger partial charge is 0.381 e. The van der Waals surface area contributed by atoms with Gasteiger partial charge in [0.05, 0.1) is 5.69 Å². The van der Waals surface area contributed by atoms with Gasteiger partial charge < -0.3 is 4.84 Å². The summed E-state index contributed by atoms with van der Waals surface area (Å²) in [7, 11) is 0. The van der Waals surface area contributed by atoms with Gasteiger partial charge >= 0.3 is 0 Å². The first-order valence-electron chi connectivity index (χ1n) is 7.51. The van der Waals surface area contributed by atoms with Gasteiger partial charge in [-0.3, -0.25) is 9.59 Å². The molecule has 1 saturated heterocycles. The van der Waals surface area contributed by atoms with Crippen molar-refractivity contribution in [3.8, 4) is 0 Å². The number of anilines is 1. The minimum atomic E-state index is -0.900. The van der Waals surface area contributed by atoms with Crippen LogP contribution in [0, 0.1) is 12.8 Å². The predicted molar refractivity (Wildman–Crippen MR) is 90.0 cm³/mol. The molecular weight excluding hydrogens is 328 g/mol. The minimum Gasteiger partial charge on any atom is -0.381 e. The van der Waals surface area contributed by atoms with Crippen LogP contribution in [0.25, 0.3) is 0 Å². The summed E-state index contributed by atoms with van der Waals surface area (Å²) in [5.74, 6) is -1.42. The fourth-order valence-corrected chi connectivity index (χ4v) is 3.21. The summed E-state index contributed by atoms with van der Waals surface area (Å²) in [5.41, 5.74) is 2.62. The van der Waals surface area contributed by atoms with Gasteiger partial charge in [0.15, 0.2) is 0 Å². The lowest BCUT2D eigenvalue weighted by Gasteiger charge is -2.17. The van der Waals surface area contributed by atoms with Crippen LogP contribution in [0.1, 0.15) is 11.1 Å². The molecule has 0 bridgehead atoms. The van der Waals surface area contributed by atoms with E-state index in [0.29, 0.717) is 16.4 Å². The Bertz CT molecular complexity index is 876. The number of rotatable bonds is 2. The summed E-state index contributed by atoms with van der Waals surface area (Å²) in [6, 6.07) is 14.2. The second-order valence-electron chi connectivity index (χ2n) is 5.79. The van der Waals surface area contributed by atoms with Gasteiger partial charge in [-0.05, 0) is 30.7 Å². The first-order chi connectivity index (χ1) is 11.6. The van der Waals surface area contributed by atoms with Crippen molar-refractivity contribution in [2.75, 3.05) is 4.90 Å². The molecule has 0 spiro atoms. The van der Waals surface area contributed by atoms with Crippen molar-refractivity contribution in [2.24, 2.45) is 11.1 Å². The van der Waals surface area contributed by atoms with E-state index in [1.54, 1.807) is 36.4 Å². The number of carbonyl (C=O) groups is 2. The highest BCUT2D eigenvalue weighted by Gasteiger charge is 2.56. The molecule has 6 heteroatoms. The average molecular weight is 341 g/mol. The molecular formula is C18H13ClN2O3. The van der Waals surface area contributed by atoms with Crippen LogP contribution >= 0.6 is 11.6 Å². The number of carbonyl (C=O) groups excluding carboxylic acids is 2. The van der Waals surface area contributed by atoms with Crippen LogP contribution in [-0.2, 0) is 14.4 Å². The van der Waals surface area contributed by atoms with Crippen LogP contribution < -0.4 is 4.90 Å². The zero-order valence-corrected chi connectivity index (χ0v) is 13.5. The monoisotopic (exact) mass is 340 g/mol. The molecule has 2 atom stereocenters. The van der Waals surface area contributed by atoms with E-state index in [9.17, 15) is 9.59 Å². The molecule has 1 fully saturated rings. The number of amides is 2. The van der Waals surface area contributed by atoms with Crippen molar-refractivity contribution >= 4 is 34.8 Å². The maximum absolute atomic E-state index is 12.9. The third kappa shape index (κ3) is 2.12. The molecule has 5 nitrogen and oxygen atoms in total. The molecule has 120 valence electrons. The lowest BCUT2D eigenvalue weighted by Crippen LogP contribution is -2.33. The molecule has 0 radical (unpaired) electrons. The molecule has 2 amide bonds. The maximum atomic E-state index is 12.9. The third-order valence-electron chi connectivity index (χ3n) is 4.31. The number of para-hydroxylation sites is 1. The quantitative estimate of drug-likeness (QED) is 0.790. The van der Waals surface area contributed by atoms with Crippen LogP contribution in [-0.4, -0.2) is 23.6 Å². The van der Waals surface area contributed by atoms with E-state index in [1.165, 1.54) is 4.90 Å². The molecule has 2 aliphatic rings. The van der Waals surface area contributed by atoms with Gasteiger partial charge in [0.1, 0.15) is 11.6 Å². The lowest BCUT2D eigenvalue weighted by molar-refractivity contribution is -0.126. The van der Waals surface area contributed by atoms with E-state index in [4.69, 9.17) is 16.4 Å². The Morgan fingerprint density at radius 3 is 2.46 bits per heavy atom. The second kappa shape index (κ2) is 5.46. The SMILES string of the molecule is Cc1ccccc1N1C(=O)[C@H]2C(c3ccc(Cl)cc3)=NO[C@H]2C1=O. The fraction of sp³-hybridized carbons (Fsp3) is 0.167. The summed E-state index contributed by atoms with van der Waals surface area (Å²) < 4.78 is 0. The van der Waals surface area contributed by atoms with Gasteiger partial charge in [-0.15, -0.1) is 0 Å². The van der Waals surface area contributed by atoms with Crippen molar-refractivity contribution in [3.63, 3.8) is 0 Å². The Morgan fingerprint density at radius 1 is 1.04 bits per heavy atom. The first-order valence-corrected chi connectivity index (χ1v) is 7.89. The van der Waals surface area contributed by atoms with Gasteiger partial charge in [-0.25, -0.2) is 4.90 Å². The van der Waals surface area contributed by atoms with Crippen molar-refractivity contribution < 1.29 is 14.4 Å². The number of aryl methyl sites for hydroxylation is 1. The van der Waals surface area contributed by atoms with Crippen LogP contribution in [0.4, 0.5) is 5.69 Å².